The van der Waals surface area contributed by atoms with E-state index in [0.29, 0.717) is 10.9 Å². The zero-order chi connectivity index (χ0) is 21.4. The molecular formula is C21H19BrO8. The Morgan fingerprint density at radius 3 is 2.43 bits per heavy atom. The first-order valence-electron chi connectivity index (χ1n) is 9.17. The zero-order valence-electron chi connectivity index (χ0n) is 15.5. The maximum absolute atomic E-state index is 12.9. The van der Waals surface area contributed by atoms with Crippen LogP contribution in [0.15, 0.2) is 62.4 Å². The molecule has 4 N–H and O–H groups in total. The summed E-state index contributed by atoms with van der Waals surface area (Å²) in [6, 6.07) is 11.8. The number of hydrogen-bond acceptors (Lipinski definition) is 8. The van der Waals surface area contributed by atoms with Gasteiger partial charge in [-0.15, -0.1) is 0 Å². The fourth-order valence-corrected chi connectivity index (χ4v) is 3.57. The third-order valence-electron chi connectivity index (χ3n) is 5.00. The highest BCUT2D eigenvalue weighted by Crippen LogP contribution is 2.27. The van der Waals surface area contributed by atoms with Crippen LogP contribution in [0.25, 0.3) is 22.1 Å². The minimum absolute atomic E-state index is 0.210. The third-order valence-corrected chi connectivity index (χ3v) is 5.53. The molecule has 1 aliphatic rings. The second kappa shape index (κ2) is 8.46. The fraction of sp³-hybridized carbons (Fsp3) is 0.286. The largest absolute Gasteiger partial charge is 0.463 e. The van der Waals surface area contributed by atoms with Crippen molar-refractivity contribution in [1.82, 2.24) is 0 Å². The SMILES string of the molecule is O=c1c(-c2ccc(Br)cc2)coc2cc(O[C@@H]3O[C@H](CO)[C@H](O)[C@H](O)[C@H]3O)ccc12. The number of halogens is 1. The molecule has 0 saturated carbocycles. The number of hydrogen-bond donors (Lipinski definition) is 4. The van der Waals surface area contributed by atoms with E-state index in [1.165, 1.54) is 24.5 Å². The van der Waals surface area contributed by atoms with Crippen molar-refractivity contribution in [1.29, 1.82) is 0 Å². The van der Waals surface area contributed by atoms with Gasteiger partial charge in [-0.3, -0.25) is 4.79 Å². The highest BCUT2D eigenvalue weighted by atomic mass is 79.9. The Kier molecular flexibility index (Phi) is 5.92. The van der Waals surface area contributed by atoms with Crippen LogP contribution in [0.2, 0.25) is 0 Å². The molecule has 0 spiro atoms. The third kappa shape index (κ3) is 3.87. The van der Waals surface area contributed by atoms with E-state index in [-0.39, 0.29) is 16.8 Å². The molecule has 2 heterocycles. The molecule has 1 aromatic heterocycles. The van der Waals surface area contributed by atoms with Crippen LogP contribution < -0.4 is 10.2 Å². The highest BCUT2D eigenvalue weighted by Gasteiger charge is 2.44. The van der Waals surface area contributed by atoms with Gasteiger partial charge in [0.2, 0.25) is 6.29 Å². The first-order chi connectivity index (χ1) is 14.4. The minimum atomic E-state index is -1.55. The Bertz CT molecular complexity index is 1090. The molecule has 0 aliphatic carbocycles. The standard InChI is InChI=1S/C21H19BrO8/c22-11-3-1-10(2-4-11)14-9-28-15-7-12(5-6-13(15)17(14)24)29-21-20(27)19(26)18(25)16(8-23)30-21/h1-7,9,16,18-21,23,25-27H,8H2/t16-,18+,19+,20-,21-/m1/s1. The van der Waals surface area contributed by atoms with Gasteiger partial charge in [0.05, 0.1) is 17.6 Å². The minimum Gasteiger partial charge on any atom is -0.463 e. The molecule has 0 bridgehead atoms. The lowest BCUT2D eigenvalue weighted by Gasteiger charge is -2.39. The summed E-state index contributed by atoms with van der Waals surface area (Å²) in [5, 5.41) is 39.4. The number of rotatable bonds is 4. The second-order valence-corrected chi connectivity index (χ2v) is 7.87. The molecule has 158 valence electrons. The van der Waals surface area contributed by atoms with Gasteiger partial charge in [-0.05, 0) is 29.8 Å². The van der Waals surface area contributed by atoms with E-state index < -0.39 is 37.3 Å². The van der Waals surface area contributed by atoms with Crippen LogP contribution in [0, 0.1) is 0 Å². The molecule has 30 heavy (non-hydrogen) atoms. The van der Waals surface area contributed by atoms with Crippen LogP contribution in [0.3, 0.4) is 0 Å². The Morgan fingerprint density at radius 2 is 1.73 bits per heavy atom. The molecule has 4 rings (SSSR count). The predicted molar refractivity (Wildman–Crippen MR) is 110 cm³/mol. The first-order valence-corrected chi connectivity index (χ1v) is 9.97. The number of ether oxygens (including phenoxy) is 2. The number of aliphatic hydroxyl groups is 4. The van der Waals surface area contributed by atoms with Gasteiger partial charge in [-0.1, -0.05) is 28.1 Å². The quantitative estimate of drug-likeness (QED) is 0.442. The molecule has 0 radical (unpaired) electrons. The fourth-order valence-electron chi connectivity index (χ4n) is 3.31. The predicted octanol–water partition coefficient (Wildman–Crippen LogP) is 1.40. The molecule has 0 unspecified atom stereocenters. The summed E-state index contributed by atoms with van der Waals surface area (Å²) >= 11 is 3.36. The van der Waals surface area contributed by atoms with E-state index in [1.807, 2.05) is 12.1 Å². The normalized spacial score (nSPS) is 26.6. The Balaban J connectivity index is 1.62. The monoisotopic (exact) mass is 478 g/mol. The summed E-state index contributed by atoms with van der Waals surface area (Å²) < 4.78 is 17.4. The van der Waals surface area contributed by atoms with Crippen LogP contribution in [-0.2, 0) is 4.74 Å². The van der Waals surface area contributed by atoms with Gasteiger partial charge in [-0.2, -0.15) is 0 Å². The lowest BCUT2D eigenvalue weighted by Crippen LogP contribution is -2.60. The summed E-state index contributed by atoms with van der Waals surface area (Å²) in [6.07, 6.45) is -5.60. The Labute approximate surface area is 179 Å². The van der Waals surface area contributed by atoms with Crippen LogP contribution in [0.4, 0.5) is 0 Å². The Morgan fingerprint density at radius 1 is 1.00 bits per heavy atom. The van der Waals surface area contributed by atoms with Crippen molar-refractivity contribution < 1.29 is 34.3 Å². The van der Waals surface area contributed by atoms with E-state index in [2.05, 4.69) is 15.9 Å². The molecular weight excluding hydrogens is 460 g/mol. The van der Waals surface area contributed by atoms with Gasteiger partial charge in [0.1, 0.15) is 42.0 Å². The molecule has 0 amide bonds. The van der Waals surface area contributed by atoms with Gasteiger partial charge in [0.15, 0.2) is 5.43 Å². The average Bonchev–Trinajstić information content (AvgIpc) is 2.75. The lowest BCUT2D eigenvalue weighted by atomic mass is 9.99. The van der Waals surface area contributed by atoms with Crippen molar-refractivity contribution in [3.8, 4) is 16.9 Å². The van der Waals surface area contributed by atoms with Crippen LogP contribution in [0.1, 0.15) is 0 Å². The highest BCUT2D eigenvalue weighted by molar-refractivity contribution is 9.10. The van der Waals surface area contributed by atoms with Gasteiger partial charge < -0.3 is 34.3 Å². The molecule has 2 aromatic carbocycles. The van der Waals surface area contributed by atoms with E-state index in [0.717, 1.165) is 10.0 Å². The molecule has 8 nitrogen and oxygen atoms in total. The van der Waals surface area contributed by atoms with Crippen LogP contribution in [0.5, 0.6) is 5.75 Å². The van der Waals surface area contributed by atoms with Gasteiger partial charge in [0.25, 0.3) is 0 Å². The van der Waals surface area contributed by atoms with Crippen molar-refractivity contribution in [2.24, 2.45) is 0 Å². The topological polar surface area (TPSA) is 130 Å². The molecule has 1 saturated heterocycles. The second-order valence-electron chi connectivity index (χ2n) is 6.96. The van der Waals surface area contributed by atoms with Crippen molar-refractivity contribution >= 4 is 26.9 Å². The van der Waals surface area contributed by atoms with E-state index in [4.69, 9.17) is 13.9 Å². The number of aliphatic hydroxyl groups excluding tert-OH is 4. The zero-order valence-corrected chi connectivity index (χ0v) is 17.1. The lowest BCUT2D eigenvalue weighted by molar-refractivity contribution is -0.277. The van der Waals surface area contributed by atoms with Gasteiger partial charge >= 0.3 is 0 Å². The van der Waals surface area contributed by atoms with Crippen molar-refractivity contribution in [3.63, 3.8) is 0 Å². The summed E-state index contributed by atoms with van der Waals surface area (Å²) in [5.41, 5.74) is 1.19. The molecule has 3 aromatic rings. The maximum atomic E-state index is 12.9. The van der Waals surface area contributed by atoms with Gasteiger partial charge in [-0.25, -0.2) is 0 Å². The van der Waals surface area contributed by atoms with E-state index in [1.54, 1.807) is 12.1 Å². The van der Waals surface area contributed by atoms with Gasteiger partial charge in [0, 0.05) is 10.5 Å². The molecule has 1 aliphatic heterocycles. The average molecular weight is 479 g/mol. The number of fused-ring (bicyclic) bond motifs is 1. The van der Waals surface area contributed by atoms with E-state index in [9.17, 15) is 25.2 Å². The molecule has 9 heteroatoms. The maximum Gasteiger partial charge on any atom is 0.229 e. The van der Waals surface area contributed by atoms with Crippen LogP contribution in [-0.4, -0.2) is 57.7 Å². The summed E-state index contributed by atoms with van der Waals surface area (Å²) in [6.45, 7) is -0.559. The Hall–Kier alpha value is -2.27. The van der Waals surface area contributed by atoms with Crippen molar-refractivity contribution in [2.75, 3.05) is 6.61 Å². The summed E-state index contributed by atoms with van der Waals surface area (Å²) in [4.78, 5) is 12.9. The van der Waals surface area contributed by atoms with Crippen molar-refractivity contribution in [3.05, 3.63) is 63.4 Å². The first kappa shape index (κ1) is 21.0. The molecule has 5 atom stereocenters. The van der Waals surface area contributed by atoms with E-state index >= 15 is 0 Å². The smallest absolute Gasteiger partial charge is 0.229 e. The summed E-state index contributed by atoms with van der Waals surface area (Å²) in [7, 11) is 0. The molecule has 1 fully saturated rings. The summed E-state index contributed by atoms with van der Waals surface area (Å²) in [5.74, 6) is 0.214. The number of benzene rings is 2. The van der Waals surface area contributed by atoms with Crippen LogP contribution >= 0.6 is 15.9 Å². The van der Waals surface area contributed by atoms with Crippen molar-refractivity contribution in [2.45, 2.75) is 30.7 Å².